The number of benzene rings is 2. The van der Waals surface area contributed by atoms with Gasteiger partial charge in [0, 0.05) is 7.05 Å². The number of rotatable bonds is 2. The zero-order chi connectivity index (χ0) is 15.8. The number of hydrogen-bond acceptors (Lipinski definition) is 1. The molecule has 23 heavy (non-hydrogen) atoms. The Morgan fingerprint density at radius 2 is 1.61 bits per heavy atom. The lowest BCUT2D eigenvalue weighted by Gasteiger charge is -2.22. The van der Waals surface area contributed by atoms with Gasteiger partial charge in [-0.05, 0) is 54.5 Å². The molecule has 0 saturated heterocycles. The first-order valence-corrected chi connectivity index (χ1v) is 8.76. The molecule has 118 valence electrons. The first-order chi connectivity index (χ1) is 11.2. The Balaban J connectivity index is 1.64. The Morgan fingerprint density at radius 3 is 2.35 bits per heavy atom. The maximum Gasteiger partial charge on any atom is 0.106 e. The Hall–Kier alpha value is -2.09. The molecule has 0 radical (unpaired) electrons. The molecule has 2 nitrogen and oxygen atoms in total. The van der Waals surface area contributed by atoms with E-state index >= 15 is 0 Å². The Labute approximate surface area is 138 Å². The molecule has 0 N–H and O–H groups in total. The highest BCUT2D eigenvalue weighted by atomic mass is 15.0. The van der Waals surface area contributed by atoms with Gasteiger partial charge in [0.2, 0.25) is 0 Å². The minimum absolute atomic E-state index is 0.777. The third-order valence-electron chi connectivity index (χ3n) is 5.43. The molecule has 1 fully saturated rings. The average Bonchev–Trinajstić information content (AvgIpc) is 2.90. The maximum absolute atomic E-state index is 4.65. The van der Waals surface area contributed by atoms with Crippen LogP contribution in [0, 0.1) is 6.92 Å². The van der Waals surface area contributed by atoms with Crippen LogP contribution in [-0.2, 0) is 7.05 Å². The molecule has 2 heteroatoms. The topological polar surface area (TPSA) is 17.8 Å². The molecule has 0 aliphatic heterocycles. The largest absolute Gasteiger partial charge is 0.331 e. The van der Waals surface area contributed by atoms with E-state index in [4.69, 9.17) is 0 Å². The highest BCUT2D eigenvalue weighted by molar-refractivity contribution is 5.82. The second-order valence-electron chi connectivity index (χ2n) is 6.88. The SMILES string of the molecule is Cc1nc2cc(-c3ccc(C4CCCCC4)cc3)ccc2n1C. The monoisotopic (exact) mass is 304 g/mol. The number of hydrogen-bond donors (Lipinski definition) is 0. The standard InChI is InChI=1S/C21H24N2/c1-15-22-20-14-19(12-13-21(20)23(15)2)18-10-8-17(9-11-18)16-6-4-3-5-7-16/h8-14,16H,3-7H2,1-2H3. The van der Waals surface area contributed by atoms with Crippen molar-refractivity contribution in [3.63, 3.8) is 0 Å². The van der Waals surface area contributed by atoms with Gasteiger partial charge < -0.3 is 4.57 Å². The van der Waals surface area contributed by atoms with Gasteiger partial charge in [0.1, 0.15) is 5.82 Å². The van der Waals surface area contributed by atoms with Crippen molar-refractivity contribution in [3.8, 4) is 11.1 Å². The second-order valence-corrected chi connectivity index (χ2v) is 6.88. The van der Waals surface area contributed by atoms with E-state index in [1.54, 1.807) is 0 Å². The van der Waals surface area contributed by atoms with Crippen molar-refractivity contribution >= 4 is 11.0 Å². The van der Waals surface area contributed by atoms with E-state index in [9.17, 15) is 0 Å². The minimum atomic E-state index is 0.777. The summed E-state index contributed by atoms with van der Waals surface area (Å²) in [5.41, 5.74) is 6.34. The lowest BCUT2D eigenvalue weighted by molar-refractivity contribution is 0.443. The van der Waals surface area contributed by atoms with Gasteiger partial charge in [0.25, 0.3) is 0 Å². The minimum Gasteiger partial charge on any atom is -0.331 e. The molecule has 1 aliphatic rings. The van der Waals surface area contributed by atoms with Crippen LogP contribution in [0.4, 0.5) is 0 Å². The van der Waals surface area contributed by atoms with Crippen molar-refractivity contribution < 1.29 is 0 Å². The van der Waals surface area contributed by atoms with Crippen LogP contribution in [0.3, 0.4) is 0 Å². The molecule has 4 rings (SSSR count). The highest BCUT2D eigenvalue weighted by Crippen LogP contribution is 2.34. The predicted molar refractivity (Wildman–Crippen MR) is 96.7 cm³/mol. The van der Waals surface area contributed by atoms with Crippen molar-refractivity contribution in [2.24, 2.45) is 7.05 Å². The first kappa shape index (κ1) is 14.5. The zero-order valence-electron chi connectivity index (χ0n) is 14.0. The van der Waals surface area contributed by atoms with Gasteiger partial charge in [-0.15, -0.1) is 0 Å². The first-order valence-electron chi connectivity index (χ1n) is 8.76. The van der Waals surface area contributed by atoms with E-state index in [0.29, 0.717) is 0 Å². The van der Waals surface area contributed by atoms with Crippen LogP contribution in [-0.4, -0.2) is 9.55 Å². The van der Waals surface area contributed by atoms with Gasteiger partial charge in [-0.3, -0.25) is 0 Å². The fourth-order valence-corrected chi connectivity index (χ4v) is 3.88. The van der Waals surface area contributed by atoms with E-state index in [0.717, 1.165) is 17.3 Å². The van der Waals surface area contributed by atoms with Crippen LogP contribution in [0.2, 0.25) is 0 Å². The van der Waals surface area contributed by atoms with Crippen LogP contribution >= 0.6 is 0 Å². The molecule has 0 spiro atoms. The number of aromatic nitrogens is 2. The van der Waals surface area contributed by atoms with Crippen molar-refractivity contribution in [1.29, 1.82) is 0 Å². The molecule has 1 saturated carbocycles. The van der Waals surface area contributed by atoms with Gasteiger partial charge in [0.05, 0.1) is 11.0 Å². The molecule has 1 aromatic heterocycles. The maximum atomic E-state index is 4.65. The van der Waals surface area contributed by atoms with Crippen LogP contribution < -0.4 is 0 Å². The van der Waals surface area contributed by atoms with Gasteiger partial charge in [0.15, 0.2) is 0 Å². The fraction of sp³-hybridized carbons (Fsp3) is 0.381. The van der Waals surface area contributed by atoms with Gasteiger partial charge >= 0.3 is 0 Å². The summed E-state index contributed by atoms with van der Waals surface area (Å²) < 4.78 is 2.14. The Bertz CT molecular complexity index is 821. The summed E-state index contributed by atoms with van der Waals surface area (Å²) >= 11 is 0. The van der Waals surface area contributed by atoms with Gasteiger partial charge in [-0.25, -0.2) is 4.98 Å². The third kappa shape index (κ3) is 2.67. The number of imidazole rings is 1. The molecule has 3 aromatic rings. The van der Waals surface area contributed by atoms with Crippen LogP contribution in [0.15, 0.2) is 42.5 Å². The lowest BCUT2D eigenvalue weighted by atomic mass is 9.84. The quantitative estimate of drug-likeness (QED) is 0.603. The number of nitrogens with zero attached hydrogens (tertiary/aromatic N) is 2. The van der Waals surface area contributed by atoms with E-state index < -0.39 is 0 Å². The van der Waals surface area contributed by atoms with Crippen molar-refractivity contribution in [2.45, 2.75) is 44.9 Å². The molecular formula is C21H24N2. The van der Waals surface area contributed by atoms with E-state index in [1.165, 1.54) is 54.3 Å². The summed E-state index contributed by atoms with van der Waals surface area (Å²) in [6, 6.07) is 15.8. The van der Waals surface area contributed by atoms with Crippen molar-refractivity contribution in [1.82, 2.24) is 9.55 Å². The molecule has 0 atom stereocenters. The summed E-state index contributed by atoms with van der Waals surface area (Å²) in [5, 5.41) is 0. The third-order valence-corrected chi connectivity index (χ3v) is 5.43. The molecule has 0 bridgehead atoms. The molecule has 0 amide bonds. The Kier molecular flexibility index (Phi) is 3.68. The number of aryl methyl sites for hydroxylation is 2. The van der Waals surface area contributed by atoms with Crippen LogP contribution in [0.5, 0.6) is 0 Å². The van der Waals surface area contributed by atoms with E-state index in [1.807, 2.05) is 0 Å². The lowest BCUT2D eigenvalue weighted by Crippen LogP contribution is -2.04. The molecule has 1 heterocycles. The van der Waals surface area contributed by atoms with Crippen molar-refractivity contribution in [2.75, 3.05) is 0 Å². The summed E-state index contributed by atoms with van der Waals surface area (Å²) in [6.07, 6.45) is 6.92. The van der Waals surface area contributed by atoms with Crippen molar-refractivity contribution in [3.05, 3.63) is 53.9 Å². The van der Waals surface area contributed by atoms with E-state index in [2.05, 4.69) is 66.0 Å². The average molecular weight is 304 g/mol. The highest BCUT2D eigenvalue weighted by Gasteiger charge is 2.15. The molecule has 0 unspecified atom stereocenters. The molecule has 1 aliphatic carbocycles. The van der Waals surface area contributed by atoms with Crippen LogP contribution in [0.1, 0.15) is 49.4 Å². The molecular weight excluding hydrogens is 280 g/mol. The smallest absolute Gasteiger partial charge is 0.106 e. The summed E-state index contributed by atoms with van der Waals surface area (Å²) in [6.45, 7) is 2.05. The number of fused-ring (bicyclic) bond motifs is 1. The van der Waals surface area contributed by atoms with Gasteiger partial charge in [-0.2, -0.15) is 0 Å². The van der Waals surface area contributed by atoms with Crippen LogP contribution in [0.25, 0.3) is 22.2 Å². The van der Waals surface area contributed by atoms with E-state index in [-0.39, 0.29) is 0 Å². The zero-order valence-corrected chi connectivity index (χ0v) is 14.0. The Morgan fingerprint density at radius 1 is 0.913 bits per heavy atom. The normalized spacial score (nSPS) is 16.1. The summed E-state index contributed by atoms with van der Waals surface area (Å²) in [5.74, 6) is 1.84. The second kappa shape index (κ2) is 5.84. The predicted octanol–water partition coefficient (Wildman–Crippen LogP) is 5.60. The molecule has 2 aromatic carbocycles. The summed E-state index contributed by atoms with van der Waals surface area (Å²) in [7, 11) is 2.07. The fourth-order valence-electron chi connectivity index (χ4n) is 3.88. The summed E-state index contributed by atoms with van der Waals surface area (Å²) in [4.78, 5) is 4.65. The van der Waals surface area contributed by atoms with Gasteiger partial charge in [-0.1, -0.05) is 49.6 Å².